The third kappa shape index (κ3) is 5.03. The van der Waals surface area contributed by atoms with E-state index >= 15 is 0 Å². The molecular formula is C24H18BrNO4S2. The highest BCUT2D eigenvalue weighted by atomic mass is 79.9. The van der Waals surface area contributed by atoms with Gasteiger partial charge >= 0.3 is 5.97 Å². The number of carbonyl (C=O) groups is 2. The molecule has 3 aromatic carbocycles. The Morgan fingerprint density at radius 2 is 1.88 bits per heavy atom. The third-order valence-electron chi connectivity index (χ3n) is 4.94. The first kappa shape index (κ1) is 22.5. The van der Waals surface area contributed by atoms with Gasteiger partial charge < -0.3 is 9.84 Å². The molecule has 1 heterocycles. The number of thiocarbonyl (C=S) groups is 1. The monoisotopic (exact) mass is 527 g/mol. The summed E-state index contributed by atoms with van der Waals surface area (Å²) in [4.78, 5) is 25.6. The maximum Gasteiger partial charge on any atom is 0.305 e. The number of amides is 1. The molecule has 3 aromatic rings. The molecule has 0 aromatic heterocycles. The number of halogens is 1. The molecule has 162 valence electrons. The van der Waals surface area contributed by atoms with Crippen LogP contribution in [0.1, 0.15) is 17.5 Å². The van der Waals surface area contributed by atoms with Crippen molar-refractivity contribution in [3.63, 3.8) is 0 Å². The van der Waals surface area contributed by atoms with E-state index in [9.17, 15) is 9.59 Å². The Labute approximate surface area is 203 Å². The van der Waals surface area contributed by atoms with Crippen LogP contribution in [0.2, 0.25) is 0 Å². The molecule has 5 nitrogen and oxygen atoms in total. The highest BCUT2D eigenvalue weighted by molar-refractivity contribution is 9.10. The molecule has 0 atom stereocenters. The van der Waals surface area contributed by atoms with Crippen LogP contribution in [0.4, 0.5) is 0 Å². The van der Waals surface area contributed by atoms with Gasteiger partial charge in [-0.05, 0) is 40.6 Å². The van der Waals surface area contributed by atoms with Crippen molar-refractivity contribution in [1.29, 1.82) is 0 Å². The molecule has 1 amide bonds. The number of aliphatic carboxylic acids is 1. The molecule has 4 rings (SSSR count). The van der Waals surface area contributed by atoms with Gasteiger partial charge in [0.15, 0.2) is 0 Å². The summed E-state index contributed by atoms with van der Waals surface area (Å²) >= 11 is 9.93. The summed E-state index contributed by atoms with van der Waals surface area (Å²) in [6, 6.07) is 19.7. The van der Waals surface area contributed by atoms with Gasteiger partial charge in [0.05, 0.1) is 11.3 Å². The lowest BCUT2D eigenvalue weighted by molar-refractivity contribution is -0.137. The molecule has 1 aliphatic heterocycles. The largest absolute Gasteiger partial charge is 0.488 e. The Morgan fingerprint density at radius 3 is 2.62 bits per heavy atom. The van der Waals surface area contributed by atoms with E-state index in [0.717, 1.165) is 26.4 Å². The second-order valence-electron chi connectivity index (χ2n) is 7.09. The smallest absolute Gasteiger partial charge is 0.305 e. The molecule has 1 N–H and O–H groups in total. The number of benzene rings is 3. The lowest BCUT2D eigenvalue weighted by Gasteiger charge is -2.13. The number of carboxylic acids is 1. The van der Waals surface area contributed by atoms with Gasteiger partial charge in [0.1, 0.15) is 16.7 Å². The van der Waals surface area contributed by atoms with Gasteiger partial charge in [0.25, 0.3) is 5.91 Å². The number of hydrogen-bond acceptors (Lipinski definition) is 5. The van der Waals surface area contributed by atoms with Gasteiger partial charge in [-0.3, -0.25) is 14.5 Å². The van der Waals surface area contributed by atoms with Crippen LogP contribution >= 0.6 is 39.9 Å². The van der Waals surface area contributed by atoms with E-state index in [1.54, 1.807) is 6.08 Å². The molecule has 0 aliphatic carbocycles. The summed E-state index contributed by atoms with van der Waals surface area (Å²) in [5.74, 6) is -0.601. The van der Waals surface area contributed by atoms with Gasteiger partial charge in [0, 0.05) is 16.6 Å². The molecule has 8 heteroatoms. The third-order valence-corrected chi connectivity index (χ3v) is 6.84. The summed E-state index contributed by atoms with van der Waals surface area (Å²) < 4.78 is 7.50. The van der Waals surface area contributed by atoms with E-state index in [1.807, 2.05) is 60.7 Å². The lowest BCUT2D eigenvalue weighted by Crippen LogP contribution is -2.30. The van der Waals surface area contributed by atoms with Crippen molar-refractivity contribution in [1.82, 2.24) is 4.90 Å². The normalized spacial score (nSPS) is 15.0. The fourth-order valence-corrected chi connectivity index (χ4v) is 4.88. The highest BCUT2D eigenvalue weighted by Crippen LogP contribution is 2.37. The summed E-state index contributed by atoms with van der Waals surface area (Å²) in [7, 11) is 0. The van der Waals surface area contributed by atoms with Crippen molar-refractivity contribution < 1.29 is 19.4 Å². The van der Waals surface area contributed by atoms with Crippen LogP contribution in [-0.4, -0.2) is 32.7 Å². The number of thioether (sulfide) groups is 1. The Morgan fingerprint density at radius 1 is 1.12 bits per heavy atom. The van der Waals surface area contributed by atoms with Crippen LogP contribution in [-0.2, 0) is 16.2 Å². The summed E-state index contributed by atoms with van der Waals surface area (Å²) in [5.41, 5.74) is 1.81. The maximum atomic E-state index is 12.9. The first-order chi connectivity index (χ1) is 15.4. The topological polar surface area (TPSA) is 66.8 Å². The highest BCUT2D eigenvalue weighted by Gasteiger charge is 2.32. The molecule has 0 saturated carbocycles. The maximum absolute atomic E-state index is 12.9. The number of hydrogen-bond donors (Lipinski definition) is 1. The van der Waals surface area contributed by atoms with Crippen molar-refractivity contribution >= 4 is 73.0 Å². The fraction of sp³-hybridized carbons (Fsp3) is 0.125. The number of carboxylic acid groups (broad SMARTS) is 1. The average Bonchev–Trinajstić information content (AvgIpc) is 3.05. The minimum Gasteiger partial charge on any atom is -0.488 e. The van der Waals surface area contributed by atoms with Gasteiger partial charge in [-0.25, -0.2) is 0 Å². The average molecular weight is 528 g/mol. The standard InChI is InChI=1S/C24H18BrNO4S2/c25-17-8-5-15(6-9-17)14-30-20-10-7-16-3-1-2-4-18(16)19(20)13-21-23(29)26(24(31)32-21)12-11-22(27)28/h1-10,13H,11-12,14H2,(H,27,28)/b21-13+. The fourth-order valence-electron chi connectivity index (χ4n) is 3.32. The second-order valence-corrected chi connectivity index (χ2v) is 9.68. The molecule has 0 unspecified atom stereocenters. The SMILES string of the molecule is O=C(O)CCN1C(=O)/C(=C\c2c(OCc3ccc(Br)cc3)ccc3ccccc23)SC1=S. The van der Waals surface area contributed by atoms with Gasteiger partial charge in [-0.2, -0.15) is 0 Å². The van der Waals surface area contributed by atoms with E-state index in [-0.39, 0.29) is 18.9 Å². The quantitative estimate of drug-likeness (QED) is 0.306. The minimum atomic E-state index is -0.972. The molecule has 0 radical (unpaired) electrons. The van der Waals surface area contributed by atoms with E-state index in [4.69, 9.17) is 22.1 Å². The van der Waals surface area contributed by atoms with Crippen molar-refractivity contribution in [2.75, 3.05) is 6.54 Å². The molecule has 1 fully saturated rings. The lowest BCUT2D eigenvalue weighted by atomic mass is 10.0. The number of fused-ring (bicyclic) bond motifs is 1. The Balaban J connectivity index is 1.68. The van der Waals surface area contributed by atoms with Gasteiger partial charge in [-0.1, -0.05) is 82.4 Å². The molecule has 1 aliphatic rings. The number of carbonyl (C=O) groups excluding carboxylic acids is 1. The zero-order valence-electron chi connectivity index (χ0n) is 16.8. The van der Waals surface area contributed by atoms with Crippen LogP contribution in [0.25, 0.3) is 16.8 Å². The van der Waals surface area contributed by atoms with Crippen molar-refractivity contribution in [2.45, 2.75) is 13.0 Å². The summed E-state index contributed by atoms with van der Waals surface area (Å²) in [5, 5.41) is 10.9. The van der Waals surface area contributed by atoms with Gasteiger partial charge in [-0.15, -0.1) is 0 Å². The van der Waals surface area contributed by atoms with Crippen molar-refractivity contribution in [3.05, 3.63) is 81.2 Å². The number of nitrogens with zero attached hydrogens (tertiary/aromatic N) is 1. The number of rotatable bonds is 7. The number of ether oxygens (including phenoxy) is 1. The first-order valence-electron chi connectivity index (χ1n) is 9.78. The van der Waals surface area contributed by atoms with E-state index in [1.165, 1.54) is 16.7 Å². The Bertz CT molecular complexity index is 1240. The van der Waals surface area contributed by atoms with E-state index < -0.39 is 5.97 Å². The second kappa shape index (κ2) is 9.85. The van der Waals surface area contributed by atoms with Crippen LogP contribution in [0.15, 0.2) is 70.0 Å². The zero-order chi connectivity index (χ0) is 22.7. The van der Waals surface area contributed by atoms with E-state index in [2.05, 4.69) is 15.9 Å². The molecule has 1 saturated heterocycles. The first-order valence-corrected chi connectivity index (χ1v) is 11.8. The van der Waals surface area contributed by atoms with Crippen LogP contribution in [0.5, 0.6) is 5.75 Å². The molecule has 32 heavy (non-hydrogen) atoms. The Kier molecular flexibility index (Phi) is 6.93. The molecule has 0 spiro atoms. The predicted molar refractivity (Wildman–Crippen MR) is 135 cm³/mol. The van der Waals surface area contributed by atoms with Crippen LogP contribution < -0.4 is 4.74 Å². The molecule has 0 bridgehead atoms. The predicted octanol–water partition coefficient (Wildman–Crippen LogP) is 5.86. The van der Waals surface area contributed by atoms with Crippen molar-refractivity contribution in [3.8, 4) is 5.75 Å². The van der Waals surface area contributed by atoms with Crippen LogP contribution in [0, 0.1) is 0 Å². The van der Waals surface area contributed by atoms with E-state index in [0.29, 0.717) is 21.6 Å². The van der Waals surface area contributed by atoms with Gasteiger partial charge in [0.2, 0.25) is 0 Å². The minimum absolute atomic E-state index is 0.0554. The Hall–Kier alpha value is -2.68. The zero-order valence-corrected chi connectivity index (χ0v) is 20.0. The summed E-state index contributed by atoms with van der Waals surface area (Å²) in [6.07, 6.45) is 1.63. The summed E-state index contributed by atoms with van der Waals surface area (Å²) in [6.45, 7) is 0.436. The van der Waals surface area contributed by atoms with Crippen LogP contribution in [0.3, 0.4) is 0 Å². The molecular weight excluding hydrogens is 510 g/mol. The van der Waals surface area contributed by atoms with Crippen molar-refractivity contribution in [2.24, 2.45) is 0 Å².